The van der Waals surface area contributed by atoms with Crippen LogP contribution in [0.4, 0.5) is 0 Å². The summed E-state index contributed by atoms with van der Waals surface area (Å²) in [5.74, 6) is 0. The molecule has 0 radical (unpaired) electrons. The van der Waals surface area contributed by atoms with E-state index in [1.165, 1.54) is 6.42 Å². The van der Waals surface area contributed by atoms with Crippen molar-refractivity contribution < 1.29 is 18.9 Å². The van der Waals surface area contributed by atoms with Gasteiger partial charge in [0.15, 0.2) is 0 Å². The van der Waals surface area contributed by atoms with Gasteiger partial charge >= 0.3 is 18.9 Å². The van der Waals surface area contributed by atoms with Crippen LogP contribution in [0.3, 0.4) is 0 Å². The summed E-state index contributed by atoms with van der Waals surface area (Å²) in [6.45, 7) is 9.25. The fourth-order valence-corrected chi connectivity index (χ4v) is 0. The van der Waals surface area contributed by atoms with Gasteiger partial charge in [-0.25, -0.2) is 0 Å². The van der Waals surface area contributed by atoms with Gasteiger partial charge in [-0.2, -0.15) is 6.92 Å². The van der Waals surface area contributed by atoms with E-state index in [0.29, 0.717) is 0 Å². The third kappa shape index (κ3) is 167. The van der Waals surface area contributed by atoms with Crippen LogP contribution in [0.5, 0.6) is 0 Å². The molecule has 0 heterocycles. The molecule has 0 aliphatic heterocycles. The molecular formula is C5H13Li. The maximum Gasteiger partial charge on any atom is 1.00 e. The third-order valence-corrected chi connectivity index (χ3v) is 0. The van der Waals surface area contributed by atoms with Gasteiger partial charge < -0.3 is 6.92 Å². The molecule has 0 unspecified atom stereocenters. The number of hydrogen-bond donors (Lipinski definition) is 0. The molecule has 0 fully saturated rings. The molecule has 0 amide bonds. The molecule has 0 saturated carbocycles. The number of rotatable bonds is 0. The maximum atomic E-state index is 3.25. The first-order valence-corrected chi connectivity index (χ1v) is 2.12. The SMILES string of the molecule is CCC.[CH2-]C.[Li+]. The molecule has 34 valence electrons. The van der Waals surface area contributed by atoms with Crippen LogP contribution in [0.1, 0.15) is 27.2 Å². The zero-order chi connectivity index (χ0) is 4.71. The molecule has 0 aromatic carbocycles. The van der Waals surface area contributed by atoms with Gasteiger partial charge in [-0.05, 0) is 0 Å². The Morgan fingerprint density at radius 2 is 1.17 bits per heavy atom. The van der Waals surface area contributed by atoms with Crippen LogP contribution in [0.25, 0.3) is 0 Å². The molecule has 0 bridgehead atoms. The summed E-state index contributed by atoms with van der Waals surface area (Å²) in [5, 5.41) is 0. The van der Waals surface area contributed by atoms with Crippen LogP contribution in [0.15, 0.2) is 0 Å². The monoisotopic (exact) mass is 80.1 g/mol. The fourth-order valence-electron chi connectivity index (χ4n) is 0. The molecule has 0 saturated heterocycles. The molecule has 1 heteroatoms. The van der Waals surface area contributed by atoms with Gasteiger partial charge in [-0.15, -0.1) is 0 Å². The van der Waals surface area contributed by atoms with Gasteiger partial charge in [0.05, 0.1) is 0 Å². The Morgan fingerprint density at radius 3 is 1.17 bits per heavy atom. The predicted molar refractivity (Wildman–Crippen MR) is 27.0 cm³/mol. The Balaban J connectivity index is -0.0000000275. The average Bonchev–Trinajstić information content (AvgIpc) is 1.46. The fraction of sp³-hybridized carbons (Fsp3) is 0.800. The Morgan fingerprint density at radius 1 is 1.17 bits per heavy atom. The van der Waals surface area contributed by atoms with E-state index >= 15 is 0 Å². The van der Waals surface area contributed by atoms with E-state index < -0.39 is 0 Å². The minimum atomic E-state index is 0. The van der Waals surface area contributed by atoms with Crippen LogP contribution in [-0.4, -0.2) is 0 Å². The molecule has 0 rings (SSSR count). The molecular weight excluding hydrogens is 67.0 g/mol. The van der Waals surface area contributed by atoms with Gasteiger partial charge in [0.25, 0.3) is 0 Å². The molecule has 0 aromatic rings. The molecule has 0 spiro atoms. The van der Waals surface area contributed by atoms with Crippen LogP contribution in [0.2, 0.25) is 0 Å². The summed E-state index contributed by atoms with van der Waals surface area (Å²) < 4.78 is 0. The third-order valence-electron chi connectivity index (χ3n) is 0. The summed E-state index contributed by atoms with van der Waals surface area (Å²) in [5.41, 5.74) is 0. The Bertz CT molecular complexity index is 3.90. The Labute approximate surface area is 53.5 Å². The first-order valence-electron chi connectivity index (χ1n) is 2.12. The maximum absolute atomic E-state index is 3.25. The van der Waals surface area contributed by atoms with Crippen molar-refractivity contribution in [3.63, 3.8) is 0 Å². The van der Waals surface area contributed by atoms with Gasteiger partial charge in [-0.1, -0.05) is 20.3 Å². The Kier molecular flexibility index (Phi) is 123. The van der Waals surface area contributed by atoms with E-state index in [1.54, 1.807) is 6.92 Å². The van der Waals surface area contributed by atoms with Crippen LogP contribution >= 0.6 is 0 Å². The molecule has 0 aliphatic carbocycles. The zero-order valence-corrected chi connectivity index (χ0v) is 5.41. The summed E-state index contributed by atoms with van der Waals surface area (Å²) in [6, 6.07) is 0. The summed E-state index contributed by atoms with van der Waals surface area (Å²) in [7, 11) is 0. The van der Waals surface area contributed by atoms with E-state index in [1.807, 2.05) is 0 Å². The molecule has 6 heavy (non-hydrogen) atoms. The van der Waals surface area contributed by atoms with Crippen LogP contribution < -0.4 is 18.9 Å². The topological polar surface area (TPSA) is 0 Å². The van der Waals surface area contributed by atoms with Crippen molar-refractivity contribution in [2.45, 2.75) is 27.2 Å². The Hall–Kier alpha value is 0.597. The smallest absolute Gasteiger partial charge is 0.346 e. The van der Waals surface area contributed by atoms with Crippen molar-refractivity contribution >= 4 is 0 Å². The molecule has 0 nitrogen and oxygen atoms in total. The molecule has 0 aromatic heterocycles. The first kappa shape index (κ1) is 16.0. The number of hydrogen-bond acceptors (Lipinski definition) is 0. The van der Waals surface area contributed by atoms with E-state index in [9.17, 15) is 0 Å². The predicted octanol–water partition coefficient (Wildman–Crippen LogP) is -0.739. The largest absolute Gasteiger partial charge is 1.00 e. The van der Waals surface area contributed by atoms with Gasteiger partial charge in [0.2, 0.25) is 0 Å². The van der Waals surface area contributed by atoms with Gasteiger partial charge in [-0.3, -0.25) is 0 Å². The van der Waals surface area contributed by atoms with E-state index in [-0.39, 0.29) is 18.9 Å². The first-order chi connectivity index (χ1) is 2.41. The summed E-state index contributed by atoms with van der Waals surface area (Å²) in [4.78, 5) is 0. The van der Waals surface area contributed by atoms with Crippen LogP contribution in [0, 0.1) is 6.92 Å². The zero-order valence-electron chi connectivity index (χ0n) is 5.41. The van der Waals surface area contributed by atoms with Crippen molar-refractivity contribution in [2.24, 2.45) is 0 Å². The van der Waals surface area contributed by atoms with Crippen molar-refractivity contribution in [1.82, 2.24) is 0 Å². The molecule has 0 aliphatic rings. The van der Waals surface area contributed by atoms with E-state index in [4.69, 9.17) is 0 Å². The second-order valence-electron chi connectivity index (χ2n) is 0.707. The normalized spacial score (nSPS) is 4.00. The van der Waals surface area contributed by atoms with E-state index in [2.05, 4.69) is 20.8 Å². The van der Waals surface area contributed by atoms with Gasteiger partial charge in [0.1, 0.15) is 0 Å². The molecule has 0 atom stereocenters. The van der Waals surface area contributed by atoms with Gasteiger partial charge in [0, 0.05) is 0 Å². The summed E-state index contributed by atoms with van der Waals surface area (Å²) >= 11 is 0. The quantitative estimate of drug-likeness (QED) is 0.265. The van der Waals surface area contributed by atoms with E-state index in [0.717, 1.165) is 0 Å². The van der Waals surface area contributed by atoms with Crippen molar-refractivity contribution in [3.8, 4) is 0 Å². The second kappa shape index (κ2) is 46.4. The minimum Gasteiger partial charge on any atom is -0.346 e. The second-order valence-corrected chi connectivity index (χ2v) is 0.707. The van der Waals surface area contributed by atoms with Crippen molar-refractivity contribution in [2.75, 3.05) is 0 Å². The molecule has 0 N–H and O–H groups in total. The average molecular weight is 80.1 g/mol. The standard InChI is InChI=1S/C3H8.C2H5.Li/c1-3-2;1-2;/h3H2,1-2H3;1H2,2H3;/q;-1;+1. The van der Waals surface area contributed by atoms with Crippen molar-refractivity contribution in [3.05, 3.63) is 6.92 Å². The van der Waals surface area contributed by atoms with Crippen molar-refractivity contribution in [1.29, 1.82) is 0 Å². The summed E-state index contributed by atoms with van der Waals surface area (Å²) in [6.07, 6.45) is 1.25. The minimum absolute atomic E-state index is 0. The van der Waals surface area contributed by atoms with Crippen LogP contribution in [-0.2, 0) is 0 Å².